The standard InChI is InChI=1S/C7H11O3.C5H5.2CO.Mo/c1-5(4-6(2)8)7(9)10-3;1-2-4-5-3-1;2*1-2;/h4,6,8H,1H2,2-3H3;1-5H;;;/q;;;;+2. The topological polar surface area (TPSA) is 86.3 Å². The van der Waals surface area contributed by atoms with Gasteiger partial charge in [0.05, 0.1) is 19.1 Å². The molecule has 8 radical (unpaired) electrons. The Bertz CT molecular complexity index is 221. The van der Waals surface area contributed by atoms with Crippen LogP contribution in [0.2, 0.25) is 0 Å². The fraction of sp³-hybridized carbons (Fsp3) is 0.214. The van der Waals surface area contributed by atoms with Gasteiger partial charge < -0.3 is 9.84 Å². The molecule has 1 aliphatic rings. The third-order valence-electron chi connectivity index (χ3n) is 1.45. The molecule has 20 heavy (non-hydrogen) atoms. The Balaban J connectivity index is -0.000000108. The van der Waals surface area contributed by atoms with Gasteiger partial charge in [0.1, 0.15) is 0 Å². The molecular weight excluding hydrogens is 344 g/mol. The summed E-state index contributed by atoms with van der Waals surface area (Å²) in [6.45, 7) is 13.9. The Morgan fingerprint density at radius 1 is 1.20 bits per heavy atom. The molecule has 0 amide bonds. The summed E-state index contributed by atoms with van der Waals surface area (Å²) >= 11 is 0. The van der Waals surface area contributed by atoms with Gasteiger partial charge in [0.2, 0.25) is 0 Å². The summed E-state index contributed by atoms with van der Waals surface area (Å²) in [6.07, 6.45) is 10.7. The summed E-state index contributed by atoms with van der Waals surface area (Å²) in [4.78, 5) is 10.6. The molecule has 0 aromatic carbocycles. The van der Waals surface area contributed by atoms with Crippen LogP contribution < -0.4 is 0 Å². The Morgan fingerprint density at radius 2 is 1.50 bits per heavy atom. The van der Waals surface area contributed by atoms with E-state index in [2.05, 4.69) is 25.0 Å². The molecule has 1 rings (SSSR count). The molecule has 1 aliphatic carbocycles. The van der Waals surface area contributed by atoms with E-state index in [0.717, 1.165) is 0 Å². The van der Waals surface area contributed by atoms with Gasteiger partial charge in [0.25, 0.3) is 0 Å². The molecule has 1 atom stereocenters. The van der Waals surface area contributed by atoms with E-state index in [1.54, 1.807) is 0 Å². The Hall–Kier alpha value is -0.402. The van der Waals surface area contributed by atoms with Crippen LogP contribution >= 0.6 is 0 Å². The molecule has 0 heterocycles. The number of methoxy groups -OCH3 is 1. The van der Waals surface area contributed by atoms with Gasteiger partial charge in [-0.1, -0.05) is 0 Å². The van der Waals surface area contributed by atoms with Gasteiger partial charge in [0, 0.05) is 6.42 Å². The van der Waals surface area contributed by atoms with E-state index in [4.69, 9.17) is 14.4 Å². The van der Waals surface area contributed by atoms with Crippen LogP contribution in [0, 0.1) is 64.7 Å². The van der Waals surface area contributed by atoms with Crippen LogP contribution in [-0.4, -0.2) is 24.3 Å². The summed E-state index contributed by atoms with van der Waals surface area (Å²) in [7, 11) is 1.27. The number of rotatable bonds is 3. The Kier molecular flexibility index (Phi) is 33.0. The van der Waals surface area contributed by atoms with Crippen LogP contribution in [-0.2, 0) is 39.9 Å². The third-order valence-corrected chi connectivity index (χ3v) is 1.45. The monoisotopic (exact) mass is 362 g/mol. The molecule has 0 aromatic heterocycles. The molecule has 5 nitrogen and oxygen atoms in total. The molecule has 0 saturated heterocycles. The first kappa shape index (κ1) is 27.9. The zero-order valence-electron chi connectivity index (χ0n) is 11.2. The minimum absolute atomic E-state index is 0. The first-order valence-electron chi connectivity index (χ1n) is 4.95. The average Bonchev–Trinajstić information content (AvgIpc) is 3.01. The van der Waals surface area contributed by atoms with E-state index >= 15 is 0 Å². The van der Waals surface area contributed by atoms with Crippen molar-refractivity contribution < 1.29 is 45.0 Å². The fourth-order valence-electron chi connectivity index (χ4n) is 0.811. The molecule has 0 aromatic rings. The maximum atomic E-state index is 10.6. The average molecular weight is 360 g/mol. The van der Waals surface area contributed by atoms with E-state index < -0.39 is 12.1 Å². The van der Waals surface area contributed by atoms with Gasteiger partial charge >= 0.3 is 49.6 Å². The van der Waals surface area contributed by atoms with Gasteiger partial charge in [-0.25, -0.2) is 0 Å². The summed E-state index contributed by atoms with van der Waals surface area (Å²) in [5.74, 6) is -0.335. The first-order valence-corrected chi connectivity index (χ1v) is 4.95. The number of carbonyl (C=O) groups excluding carboxylic acids is 1. The van der Waals surface area contributed by atoms with E-state index in [-0.39, 0.29) is 27.0 Å². The van der Waals surface area contributed by atoms with E-state index in [9.17, 15) is 4.79 Å². The number of esters is 1. The second-order valence-electron chi connectivity index (χ2n) is 2.89. The Labute approximate surface area is 136 Å². The maximum absolute atomic E-state index is 10.6. The van der Waals surface area contributed by atoms with E-state index in [1.165, 1.54) is 20.5 Å². The fourth-order valence-corrected chi connectivity index (χ4v) is 0.811. The molecule has 1 fully saturated rings. The molecule has 0 bridgehead atoms. The zero-order chi connectivity index (χ0) is 15.7. The number of ether oxygens (including phenoxy) is 1. The predicted molar refractivity (Wildman–Crippen MR) is 66.0 cm³/mol. The normalized spacial score (nSPS) is 12.8. The van der Waals surface area contributed by atoms with Crippen LogP contribution in [0.3, 0.4) is 0 Å². The van der Waals surface area contributed by atoms with E-state index in [1.807, 2.05) is 32.1 Å². The Morgan fingerprint density at radius 3 is 1.70 bits per heavy atom. The van der Waals surface area contributed by atoms with Crippen LogP contribution in [0.4, 0.5) is 0 Å². The van der Waals surface area contributed by atoms with Crippen LogP contribution in [0.5, 0.6) is 0 Å². The van der Waals surface area contributed by atoms with Crippen molar-refractivity contribution in [3.05, 3.63) is 64.7 Å². The molecule has 0 aliphatic heterocycles. The SMILES string of the molecule is [C-]#[O+].[C-]#[O+].[CH2][C]([CH]C(C)O)C(=O)OC.[CH]1[CH][CH][CH][CH]1.[Mo+2]. The van der Waals surface area contributed by atoms with Gasteiger partial charge in [-0.3, -0.25) is 4.79 Å². The van der Waals surface area contributed by atoms with Crippen molar-refractivity contribution in [2.45, 2.75) is 13.0 Å². The summed E-state index contributed by atoms with van der Waals surface area (Å²) < 4.78 is 19.3. The molecule has 6 heteroatoms. The minimum Gasteiger partial charge on any atom is -0.469 e. The van der Waals surface area contributed by atoms with Gasteiger partial charge in [-0.2, -0.15) is 0 Å². The van der Waals surface area contributed by atoms with Crippen molar-refractivity contribution in [3.8, 4) is 0 Å². The minimum atomic E-state index is -0.661. The summed E-state index contributed by atoms with van der Waals surface area (Å²) in [6, 6.07) is 0. The quantitative estimate of drug-likeness (QED) is 0.354. The predicted octanol–water partition coefficient (Wildman–Crippen LogP) is 1.10. The molecule has 1 N–H and O–H groups in total. The number of aliphatic hydroxyl groups excluding tert-OH is 1. The number of carbonyl (C=O) groups is 1. The second kappa shape index (κ2) is 23.7. The summed E-state index contributed by atoms with van der Waals surface area (Å²) in [5.41, 5.74) is 0. The van der Waals surface area contributed by atoms with Gasteiger partial charge in [0.15, 0.2) is 0 Å². The molecule has 106 valence electrons. The van der Waals surface area contributed by atoms with Crippen molar-refractivity contribution >= 4 is 5.97 Å². The van der Waals surface area contributed by atoms with Gasteiger partial charge in [-0.05, 0) is 46.0 Å². The van der Waals surface area contributed by atoms with Crippen molar-refractivity contribution in [1.29, 1.82) is 0 Å². The number of hydrogen-bond acceptors (Lipinski definition) is 3. The van der Waals surface area contributed by atoms with Crippen molar-refractivity contribution in [2.75, 3.05) is 7.11 Å². The van der Waals surface area contributed by atoms with Gasteiger partial charge in [-0.15, -0.1) is 0 Å². The van der Waals surface area contributed by atoms with Crippen molar-refractivity contribution in [1.82, 2.24) is 0 Å². The van der Waals surface area contributed by atoms with Crippen LogP contribution in [0.15, 0.2) is 0 Å². The van der Waals surface area contributed by atoms with Crippen LogP contribution in [0.25, 0.3) is 0 Å². The molecular formula is C14H16MoO5+2. The summed E-state index contributed by atoms with van der Waals surface area (Å²) in [5, 5.41) is 8.74. The van der Waals surface area contributed by atoms with Crippen LogP contribution in [0.1, 0.15) is 6.92 Å². The third kappa shape index (κ3) is 22.8. The number of aliphatic hydroxyl groups is 1. The molecule has 1 unspecified atom stereocenters. The molecule has 1 saturated carbocycles. The van der Waals surface area contributed by atoms with Crippen molar-refractivity contribution in [2.24, 2.45) is 0 Å². The van der Waals surface area contributed by atoms with E-state index in [0.29, 0.717) is 0 Å². The zero-order valence-corrected chi connectivity index (χ0v) is 13.2. The van der Waals surface area contributed by atoms with Crippen molar-refractivity contribution in [3.63, 3.8) is 0 Å². The first-order chi connectivity index (χ1) is 9.07. The molecule has 0 spiro atoms. The maximum Gasteiger partial charge on any atom is 2.00 e. The second-order valence-corrected chi connectivity index (χ2v) is 2.89. The smallest absolute Gasteiger partial charge is 0.469 e. The largest absolute Gasteiger partial charge is 2.00 e. The number of hydrogen-bond donors (Lipinski definition) is 1.